The van der Waals surface area contributed by atoms with E-state index < -0.39 is 0 Å². The van der Waals surface area contributed by atoms with Crippen molar-refractivity contribution in [1.82, 2.24) is 4.90 Å². The molecule has 16 heavy (non-hydrogen) atoms. The van der Waals surface area contributed by atoms with Crippen LogP contribution >= 0.6 is 0 Å². The Morgan fingerprint density at radius 2 is 1.88 bits per heavy atom. The third-order valence-electron chi connectivity index (χ3n) is 4.10. The summed E-state index contributed by atoms with van der Waals surface area (Å²) in [7, 11) is 0. The van der Waals surface area contributed by atoms with Gasteiger partial charge in [0.15, 0.2) is 0 Å². The normalized spacial score (nSPS) is 21.8. The van der Waals surface area contributed by atoms with Crippen molar-refractivity contribution >= 4 is 0 Å². The molecule has 1 nitrogen and oxygen atoms in total. The molecule has 0 bridgehead atoms. The van der Waals surface area contributed by atoms with E-state index in [1.165, 1.54) is 32.1 Å². The van der Waals surface area contributed by atoms with Crippen LogP contribution in [0.15, 0.2) is 0 Å². The van der Waals surface area contributed by atoms with Crippen LogP contribution in [-0.2, 0) is 0 Å². The summed E-state index contributed by atoms with van der Waals surface area (Å²) in [5.41, 5.74) is 0. The predicted molar refractivity (Wildman–Crippen MR) is 68.4 cm³/mol. The van der Waals surface area contributed by atoms with E-state index in [-0.39, 0.29) is 12.7 Å². The quantitative estimate of drug-likeness (QED) is 0.571. The van der Waals surface area contributed by atoms with Crippen molar-refractivity contribution < 1.29 is 4.39 Å². The smallest absolute Gasteiger partial charge is 0.105 e. The standard InChI is InChI=1S/C14H28FN/c1-4-5-6-7-8-12(2)14-10-16(11-14)13(3)9-15/h12-14H,4-11H2,1-3H3. The van der Waals surface area contributed by atoms with E-state index >= 15 is 0 Å². The van der Waals surface area contributed by atoms with Crippen LogP contribution in [0, 0.1) is 11.8 Å². The van der Waals surface area contributed by atoms with Crippen LogP contribution in [0.5, 0.6) is 0 Å². The highest BCUT2D eigenvalue weighted by molar-refractivity contribution is 4.86. The maximum Gasteiger partial charge on any atom is 0.105 e. The van der Waals surface area contributed by atoms with Gasteiger partial charge in [-0.25, -0.2) is 4.39 Å². The Balaban J connectivity index is 2.05. The fraction of sp³-hybridized carbons (Fsp3) is 1.00. The van der Waals surface area contributed by atoms with Crippen molar-refractivity contribution in [2.75, 3.05) is 19.8 Å². The molecule has 0 radical (unpaired) electrons. The van der Waals surface area contributed by atoms with E-state index in [9.17, 15) is 4.39 Å². The monoisotopic (exact) mass is 229 g/mol. The van der Waals surface area contributed by atoms with E-state index in [2.05, 4.69) is 18.7 Å². The number of alkyl halides is 1. The Labute approximate surface area is 100 Å². The fourth-order valence-corrected chi connectivity index (χ4v) is 2.50. The van der Waals surface area contributed by atoms with Gasteiger partial charge in [0.1, 0.15) is 6.67 Å². The summed E-state index contributed by atoms with van der Waals surface area (Å²) in [6, 6.07) is 0.142. The van der Waals surface area contributed by atoms with Gasteiger partial charge in [0.05, 0.1) is 0 Å². The molecule has 96 valence electrons. The molecule has 2 unspecified atom stereocenters. The van der Waals surface area contributed by atoms with Crippen LogP contribution in [0.2, 0.25) is 0 Å². The van der Waals surface area contributed by atoms with Crippen LogP contribution in [0.1, 0.15) is 52.9 Å². The van der Waals surface area contributed by atoms with E-state index in [0.717, 1.165) is 24.9 Å². The van der Waals surface area contributed by atoms with Gasteiger partial charge in [0.25, 0.3) is 0 Å². The minimum Gasteiger partial charge on any atom is -0.297 e. The molecule has 0 aromatic heterocycles. The maximum absolute atomic E-state index is 12.4. The lowest BCUT2D eigenvalue weighted by molar-refractivity contribution is 0.0186. The third-order valence-corrected chi connectivity index (χ3v) is 4.10. The van der Waals surface area contributed by atoms with Gasteiger partial charge in [-0.3, -0.25) is 4.90 Å². The van der Waals surface area contributed by atoms with Crippen LogP contribution in [0.25, 0.3) is 0 Å². The van der Waals surface area contributed by atoms with Crippen molar-refractivity contribution in [1.29, 1.82) is 0 Å². The summed E-state index contributed by atoms with van der Waals surface area (Å²) in [6.07, 6.45) is 6.83. The van der Waals surface area contributed by atoms with Gasteiger partial charge in [0.2, 0.25) is 0 Å². The first-order valence-corrected chi connectivity index (χ1v) is 6.99. The Morgan fingerprint density at radius 3 is 2.44 bits per heavy atom. The van der Waals surface area contributed by atoms with Crippen molar-refractivity contribution in [2.24, 2.45) is 11.8 Å². The molecule has 0 amide bonds. The lowest BCUT2D eigenvalue weighted by Gasteiger charge is -2.45. The second kappa shape index (κ2) is 7.26. The summed E-state index contributed by atoms with van der Waals surface area (Å²) >= 11 is 0. The minimum atomic E-state index is -0.197. The molecule has 2 heteroatoms. The number of rotatable bonds is 8. The molecule has 0 spiro atoms. The molecule has 1 aliphatic rings. The van der Waals surface area contributed by atoms with Gasteiger partial charge in [-0.1, -0.05) is 46.0 Å². The summed E-state index contributed by atoms with van der Waals surface area (Å²) in [6.45, 7) is 8.67. The lowest BCUT2D eigenvalue weighted by atomic mass is 9.83. The van der Waals surface area contributed by atoms with Crippen LogP contribution < -0.4 is 0 Å². The number of nitrogens with zero attached hydrogens (tertiary/aromatic N) is 1. The highest BCUT2D eigenvalue weighted by Gasteiger charge is 2.33. The zero-order valence-corrected chi connectivity index (χ0v) is 11.2. The molecule has 1 rings (SSSR count). The highest BCUT2D eigenvalue weighted by Crippen LogP contribution is 2.29. The van der Waals surface area contributed by atoms with E-state index in [1.807, 2.05) is 6.92 Å². The van der Waals surface area contributed by atoms with E-state index in [1.54, 1.807) is 0 Å². The Bertz CT molecular complexity index is 178. The largest absolute Gasteiger partial charge is 0.297 e. The second-order valence-electron chi connectivity index (χ2n) is 5.54. The topological polar surface area (TPSA) is 3.24 Å². The molecule has 1 saturated heterocycles. The van der Waals surface area contributed by atoms with Crippen LogP contribution in [0.3, 0.4) is 0 Å². The molecule has 1 aliphatic heterocycles. The molecule has 0 N–H and O–H groups in total. The van der Waals surface area contributed by atoms with Crippen molar-refractivity contribution in [2.45, 2.75) is 58.9 Å². The fourth-order valence-electron chi connectivity index (χ4n) is 2.50. The summed E-state index contributed by atoms with van der Waals surface area (Å²) in [5.74, 6) is 1.66. The zero-order chi connectivity index (χ0) is 12.0. The molecule has 1 fully saturated rings. The highest BCUT2D eigenvalue weighted by atomic mass is 19.1. The van der Waals surface area contributed by atoms with Crippen LogP contribution in [0.4, 0.5) is 4.39 Å². The van der Waals surface area contributed by atoms with Crippen molar-refractivity contribution in [3.8, 4) is 0 Å². The van der Waals surface area contributed by atoms with E-state index in [4.69, 9.17) is 0 Å². The molecule has 1 heterocycles. The first kappa shape index (κ1) is 14.0. The molecule has 0 aliphatic carbocycles. The summed E-state index contributed by atoms with van der Waals surface area (Å²) in [4.78, 5) is 2.27. The minimum absolute atomic E-state index is 0.142. The van der Waals surface area contributed by atoms with Gasteiger partial charge in [-0.15, -0.1) is 0 Å². The van der Waals surface area contributed by atoms with E-state index in [0.29, 0.717) is 0 Å². The summed E-state index contributed by atoms with van der Waals surface area (Å²) < 4.78 is 12.4. The Morgan fingerprint density at radius 1 is 1.19 bits per heavy atom. The van der Waals surface area contributed by atoms with Gasteiger partial charge in [-0.2, -0.15) is 0 Å². The first-order valence-electron chi connectivity index (χ1n) is 6.99. The molecule has 0 aromatic rings. The predicted octanol–water partition coefficient (Wildman–Crippen LogP) is 3.88. The first-order chi connectivity index (χ1) is 7.69. The molecular weight excluding hydrogens is 201 g/mol. The van der Waals surface area contributed by atoms with Crippen molar-refractivity contribution in [3.05, 3.63) is 0 Å². The number of likely N-dealkylation sites (tertiary alicyclic amines) is 1. The maximum atomic E-state index is 12.4. The average Bonchev–Trinajstić information content (AvgIpc) is 2.22. The molecule has 0 aromatic carbocycles. The zero-order valence-electron chi connectivity index (χ0n) is 11.2. The number of unbranched alkanes of at least 4 members (excludes halogenated alkanes) is 3. The van der Waals surface area contributed by atoms with Gasteiger partial charge in [-0.05, 0) is 18.8 Å². The molecular formula is C14H28FN. The lowest BCUT2D eigenvalue weighted by Crippen LogP contribution is -2.53. The van der Waals surface area contributed by atoms with Crippen molar-refractivity contribution in [3.63, 3.8) is 0 Å². The van der Waals surface area contributed by atoms with Gasteiger partial charge < -0.3 is 0 Å². The molecule has 2 atom stereocenters. The number of hydrogen-bond donors (Lipinski definition) is 0. The van der Waals surface area contributed by atoms with Crippen LogP contribution in [-0.4, -0.2) is 30.7 Å². The Kier molecular flexibility index (Phi) is 6.33. The van der Waals surface area contributed by atoms with Gasteiger partial charge >= 0.3 is 0 Å². The third kappa shape index (κ3) is 4.04. The Hall–Kier alpha value is -0.110. The number of halogens is 1. The second-order valence-corrected chi connectivity index (χ2v) is 5.54. The average molecular weight is 229 g/mol. The van der Waals surface area contributed by atoms with Gasteiger partial charge in [0, 0.05) is 19.1 Å². The molecule has 0 saturated carbocycles. The SMILES string of the molecule is CCCCCCC(C)C1CN(C(C)CF)C1. The number of hydrogen-bond acceptors (Lipinski definition) is 1. The summed E-state index contributed by atoms with van der Waals surface area (Å²) in [5, 5.41) is 0.